The van der Waals surface area contributed by atoms with Gasteiger partial charge in [0.15, 0.2) is 0 Å². The maximum Gasteiger partial charge on any atom is 0.307 e. The largest absolute Gasteiger partial charge is 0.307 e. The van der Waals surface area contributed by atoms with E-state index >= 15 is 0 Å². The van der Waals surface area contributed by atoms with E-state index in [1.807, 2.05) is 6.92 Å². The van der Waals surface area contributed by atoms with Crippen LogP contribution in [-0.4, -0.2) is 17.7 Å². The minimum absolute atomic E-state index is 0.0414. The van der Waals surface area contributed by atoms with Gasteiger partial charge in [0.1, 0.15) is 0 Å². The molecule has 0 atom stereocenters. The molecule has 7 heteroatoms. The molecule has 1 aliphatic carbocycles. The number of hydrogen-bond donors (Lipinski definition) is 0. The van der Waals surface area contributed by atoms with Gasteiger partial charge in [-0.3, -0.25) is 4.79 Å². The third-order valence-electron chi connectivity index (χ3n) is 3.09. The van der Waals surface area contributed by atoms with E-state index in [-0.39, 0.29) is 4.87 Å². The molecule has 1 saturated carbocycles. The van der Waals surface area contributed by atoms with Gasteiger partial charge in [0.2, 0.25) is 9.05 Å². The zero-order valence-electron chi connectivity index (χ0n) is 8.77. The van der Waals surface area contributed by atoms with Crippen molar-refractivity contribution in [3.05, 3.63) is 20.7 Å². The van der Waals surface area contributed by atoms with Gasteiger partial charge in [-0.05, 0) is 26.2 Å². The van der Waals surface area contributed by atoms with E-state index in [1.54, 1.807) is 9.95 Å². The third-order valence-corrected chi connectivity index (χ3v) is 6.60. The molecule has 0 N–H and O–H groups in total. The summed E-state index contributed by atoms with van der Waals surface area (Å²) in [6.07, 6.45) is 1.64. The smallest absolute Gasteiger partial charge is 0.303 e. The van der Waals surface area contributed by atoms with Crippen LogP contribution in [0.3, 0.4) is 0 Å². The maximum atomic E-state index is 11.4. The Morgan fingerprint density at radius 3 is 2.56 bits per heavy atom. The van der Waals surface area contributed by atoms with Crippen LogP contribution in [0.4, 0.5) is 0 Å². The maximum absolute atomic E-state index is 11.4. The average Bonchev–Trinajstić information content (AvgIpc) is 2.89. The fourth-order valence-electron chi connectivity index (χ4n) is 1.75. The first kappa shape index (κ1) is 12.1. The molecule has 2 rings (SSSR count). The number of rotatable bonds is 4. The second-order valence-electron chi connectivity index (χ2n) is 4.17. The highest BCUT2D eigenvalue weighted by atomic mass is 35.7. The van der Waals surface area contributed by atoms with Crippen LogP contribution in [0.5, 0.6) is 0 Å². The van der Waals surface area contributed by atoms with E-state index in [1.165, 1.54) is 0 Å². The molecular formula is C9H12ClNO3S2. The monoisotopic (exact) mass is 281 g/mol. The highest BCUT2D eigenvalue weighted by Gasteiger charge is 2.53. The summed E-state index contributed by atoms with van der Waals surface area (Å²) in [6.45, 7) is 2.27. The predicted octanol–water partition coefficient (Wildman–Crippen LogP) is 1.71. The van der Waals surface area contributed by atoms with Crippen LogP contribution in [0, 0.1) is 6.92 Å². The number of halogens is 1. The first-order chi connectivity index (χ1) is 7.36. The van der Waals surface area contributed by atoms with Gasteiger partial charge in [-0.15, -0.1) is 0 Å². The van der Waals surface area contributed by atoms with Crippen LogP contribution in [0.25, 0.3) is 0 Å². The van der Waals surface area contributed by atoms with E-state index in [9.17, 15) is 13.2 Å². The van der Waals surface area contributed by atoms with Crippen LogP contribution in [0.15, 0.2) is 10.2 Å². The molecule has 0 amide bonds. The molecule has 0 unspecified atom stereocenters. The van der Waals surface area contributed by atoms with Gasteiger partial charge in [-0.1, -0.05) is 11.3 Å². The van der Waals surface area contributed by atoms with E-state index in [4.69, 9.17) is 10.7 Å². The summed E-state index contributed by atoms with van der Waals surface area (Å²) < 4.78 is 23.5. The fourth-order valence-corrected chi connectivity index (χ4v) is 4.13. The summed E-state index contributed by atoms with van der Waals surface area (Å²) in [7, 11) is 1.88. The van der Waals surface area contributed by atoms with Crippen LogP contribution >= 0.6 is 22.0 Å². The van der Waals surface area contributed by atoms with Crippen LogP contribution < -0.4 is 4.87 Å². The number of nitrogens with zero attached hydrogens (tertiary/aromatic N) is 1. The summed E-state index contributed by atoms with van der Waals surface area (Å²) in [5.74, 6) is 0. The molecule has 0 aromatic carbocycles. The van der Waals surface area contributed by atoms with Gasteiger partial charge in [-0.25, -0.2) is 8.42 Å². The molecule has 16 heavy (non-hydrogen) atoms. The van der Waals surface area contributed by atoms with Gasteiger partial charge in [0, 0.05) is 28.3 Å². The Labute approximate surface area is 102 Å². The van der Waals surface area contributed by atoms with Crippen molar-refractivity contribution in [2.45, 2.75) is 37.5 Å². The lowest BCUT2D eigenvalue weighted by atomic mass is 10.3. The summed E-state index contributed by atoms with van der Waals surface area (Å²) in [6, 6.07) is 0. The Balaban J connectivity index is 2.13. The van der Waals surface area contributed by atoms with Crippen molar-refractivity contribution in [3.63, 3.8) is 0 Å². The Hall–Kier alpha value is -0.330. The van der Waals surface area contributed by atoms with Crippen LogP contribution in [0.1, 0.15) is 25.0 Å². The average molecular weight is 282 g/mol. The van der Waals surface area contributed by atoms with Crippen molar-refractivity contribution in [1.29, 1.82) is 0 Å². The summed E-state index contributed by atoms with van der Waals surface area (Å²) >= 11 is 1.13. The normalized spacial score (nSPS) is 18.6. The molecular weight excluding hydrogens is 270 g/mol. The second-order valence-corrected chi connectivity index (χ2v) is 7.95. The van der Waals surface area contributed by atoms with E-state index in [0.29, 0.717) is 25.8 Å². The SMILES string of the molecule is Cc1csc(=O)n1CCC1(S(=O)(=O)Cl)CC1. The van der Waals surface area contributed by atoms with E-state index in [2.05, 4.69) is 0 Å². The highest BCUT2D eigenvalue weighted by molar-refractivity contribution is 8.15. The standard InChI is InChI=1S/C9H12ClNO3S2/c1-7-6-15-8(12)11(7)5-4-9(2-3-9)16(10,13)14/h6H,2-5H2,1H3. The molecule has 1 aromatic rings. The zero-order chi connectivity index (χ0) is 12.0. The summed E-state index contributed by atoms with van der Waals surface area (Å²) in [5, 5.41) is 1.77. The van der Waals surface area contributed by atoms with Crippen molar-refractivity contribution in [1.82, 2.24) is 4.57 Å². The molecule has 1 fully saturated rings. The van der Waals surface area contributed by atoms with Crippen LogP contribution in [0.2, 0.25) is 0 Å². The van der Waals surface area contributed by atoms with Crippen molar-refractivity contribution < 1.29 is 8.42 Å². The lowest BCUT2D eigenvalue weighted by molar-refractivity contribution is 0.551. The molecule has 1 aromatic heterocycles. The first-order valence-corrected chi connectivity index (χ1v) is 8.14. The molecule has 0 spiro atoms. The topological polar surface area (TPSA) is 56.1 Å². The van der Waals surface area contributed by atoms with Gasteiger partial charge in [0.05, 0.1) is 4.75 Å². The van der Waals surface area contributed by atoms with Gasteiger partial charge in [-0.2, -0.15) is 0 Å². The molecule has 0 radical (unpaired) electrons. The molecule has 0 aliphatic heterocycles. The minimum Gasteiger partial charge on any atom is -0.303 e. The van der Waals surface area contributed by atoms with Crippen molar-refractivity contribution in [2.24, 2.45) is 0 Å². The van der Waals surface area contributed by atoms with Crippen molar-refractivity contribution in [3.8, 4) is 0 Å². The van der Waals surface area contributed by atoms with Gasteiger partial charge in [0.25, 0.3) is 0 Å². The Morgan fingerprint density at radius 2 is 2.19 bits per heavy atom. The number of thiazole rings is 1. The lowest BCUT2D eigenvalue weighted by Crippen LogP contribution is -2.23. The number of aromatic nitrogens is 1. The molecule has 0 saturated heterocycles. The van der Waals surface area contributed by atoms with Crippen molar-refractivity contribution in [2.75, 3.05) is 0 Å². The molecule has 1 heterocycles. The predicted molar refractivity (Wildman–Crippen MR) is 64.7 cm³/mol. The zero-order valence-corrected chi connectivity index (χ0v) is 11.2. The minimum atomic E-state index is -3.51. The van der Waals surface area contributed by atoms with E-state index in [0.717, 1.165) is 17.0 Å². The second kappa shape index (κ2) is 3.85. The van der Waals surface area contributed by atoms with Crippen molar-refractivity contribution >= 4 is 31.1 Å². The van der Waals surface area contributed by atoms with E-state index < -0.39 is 13.8 Å². The number of aryl methyl sites for hydroxylation is 1. The number of hydrogen-bond acceptors (Lipinski definition) is 4. The Morgan fingerprint density at radius 1 is 1.56 bits per heavy atom. The fraction of sp³-hybridized carbons (Fsp3) is 0.667. The molecule has 4 nitrogen and oxygen atoms in total. The quantitative estimate of drug-likeness (QED) is 0.790. The molecule has 1 aliphatic rings. The van der Waals surface area contributed by atoms with Crippen LogP contribution in [-0.2, 0) is 15.6 Å². The lowest BCUT2D eigenvalue weighted by Gasteiger charge is -2.11. The Kier molecular flexibility index (Phi) is 2.92. The van der Waals surface area contributed by atoms with Gasteiger partial charge >= 0.3 is 4.87 Å². The Bertz CT molecular complexity index is 554. The van der Waals surface area contributed by atoms with Gasteiger partial charge < -0.3 is 4.57 Å². The molecule has 90 valence electrons. The molecule has 0 bridgehead atoms. The first-order valence-electron chi connectivity index (χ1n) is 4.95. The summed E-state index contributed by atoms with van der Waals surface area (Å²) in [4.78, 5) is 11.4. The highest BCUT2D eigenvalue weighted by Crippen LogP contribution is 2.48. The summed E-state index contributed by atoms with van der Waals surface area (Å²) in [5.41, 5.74) is 0.873. The third kappa shape index (κ3) is 2.06.